The minimum atomic E-state index is -0.547. The van der Waals surface area contributed by atoms with Crippen molar-refractivity contribution >= 4 is 45.7 Å². The van der Waals surface area contributed by atoms with Crippen molar-refractivity contribution in [3.8, 4) is 0 Å². The van der Waals surface area contributed by atoms with Gasteiger partial charge in [-0.3, -0.25) is 19.7 Å². The van der Waals surface area contributed by atoms with Gasteiger partial charge in [-0.15, -0.1) is 21.5 Å². The molecule has 2 N–H and O–H groups in total. The Kier molecular flexibility index (Phi) is 7.76. The van der Waals surface area contributed by atoms with E-state index in [9.17, 15) is 19.7 Å². The van der Waals surface area contributed by atoms with Crippen molar-refractivity contribution < 1.29 is 14.5 Å². The van der Waals surface area contributed by atoms with E-state index in [0.717, 1.165) is 4.88 Å². The fourth-order valence-electron chi connectivity index (χ4n) is 2.94. The van der Waals surface area contributed by atoms with Crippen LogP contribution < -0.4 is 10.6 Å². The number of rotatable bonds is 9. The SMILES string of the molecule is Cc1cnc(NC(=O)CSc2nnc([C@@H](NC(=O)c3cccc([N+](=O)[O-])c3)C(C)C)n2C)s1. The van der Waals surface area contributed by atoms with Crippen molar-refractivity contribution in [2.45, 2.75) is 32.0 Å². The molecule has 3 aromatic rings. The molecule has 0 aliphatic rings. The molecule has 0 saturated carbocycles. The Hall–Kier alpha value is -3.32. The van der Waals surface area contributed by atoms with Crippen LogP contribution in [-0.4, -0.2) is 42.2 Å². The number of hydrogen-bond acceptors (Lipinski definition) is 9. The van der Waals surface area contributed by atoms with E-state index in [0.29, 0.717) is 16.1 Å². The fourth-order valence-corrected chi connectivity index (χ4v) is 4.33. The highest BCUT2D eigenvalue weighted by Gasteiger charge is 2.26. The maximum Gasteiger partial charge on any atom is 0.270 e. The number of thioether (sulfide) groups is 1. The van der Waals surface area contributed by atoms with E-state index in [2.05, 4.69) is 25.8 Å². The molecule has 0 bridgehead atoms. The summed E-state index contributed by atoms with van der Waals surface area (Å²) in [6.45, 7) is 5.75. The highest BCUT2D eigenvalue weighted by Crippen LogP contribution is 2.25. The van der Waals surface area contributed by atoms with Gasteiger partial charge in [-0.25, -0.2) is 4.98 Å². The molecule has 13 heteroatoms. The van der Waals surface area contributed by atoms with Gasteiger partial charge in [0.2, 0.25) is 5.91 Å². The Labute approximate surface area is 198 Å². The maximum absolute atomic E-state index is 12.8. The summed E-state index contributed by atoms with van der Waals surface area (Å²) in [4.78, 5) is 40.5. The molecule has 2 aromatic heterocycles. The number of carbonyl (C=O) groups is 2. The van der Waals surface area contributed by atoms with Crippen molar-refractivity contribution in [2.24, 2.45) is 13.0 Å². The number of non-ortho nitro benzene ring substituents is 1. The van der Waals surface area contributed by atoms with Crippen LogP contribution in [0.3, 0.4) is 0 Å². The zero-order valence-corrected chi connectivity index (χ0v) is 20.1. The molecule has 1 atom stereocenters. The predicted octanol–water partition coefficient (Wildman–Crippen LogP) is 3.35. The summed E-state index contributed by atoms with van der Waals surface area (Å²) >= 11 is 2.61. The third-order valence-corrected chi connectivity index (χ3v) is 6.47. The summed E-state index contributed by atoms with van der Waals surface area (Å²) in [5.41, 5.74) is 0.0213. The van der Waals surface area contributed by atoms with E-state index in [-0.39, 0.29) is 28.8 Å². The second-order valence-electron chi connectivity index (χ2n) is 7.52. The fraction of sp³-hybridized carbons (Fsp3) is 0.350. The van der Waals surface area contributed by atoms with Crippen LogP contribution in [0.4, 0.5) is 10.8 Å². The molecule has 0 fully saturated rings. The lowest BCUT2D eigenvalue weighted by molar-refractivity contribution is -0.384. The predicted molar refractivity (Wildman–Crippen MR) is 125 cm³/mol. The molecule has 0 aliphatic heterocycles. The Morgan fingerprint density at radius 1 is 1.30 bits per heavy atom. The number of aryl methyl sites for hydroxylation is 1. The molecule has 2 amide bonds. The molecule has 11 nitrogen and oxygen atoms in total. The van der Waals surface area contributed by atoms with E-state index in [1.54, 1.807) is 17.8 Å². The number of nitrogens with zero attached hydrogens (tertiary/aromatic N) is 5. The first-order valence-corrected chi connectivity index (χ1v) is 11.8. The van der Waals surface area contributed by atoms with Gasteiger partial charge in [0.05, 0.1) is 16.7 Å². The quantitative estimate of drug-likeness (QED) is 0.264. The van der Waals surface area contributed by atoms with Crippen molar-refractivity contribution in [2.75, 3.05) is 11.1 Å². The van der Waals surface area contributed by atoms with Crippen LogP contribution in [0.5, 0.6) is 0 Å². The van der Waals surface area contributed by atoms with Crippen LogP contribution in [0.25, 0.3) is 0 Å². The summed E-state index contributed by atoms with van der Waals surface area (Å²) < 4.78 is 1.73. The largest absolute Gasteiger partial charge is 0.342 e. The number of nitro benzene ring substituents is 1. The number of aromatic nitrogens is 4. The minimum Gasteiger partial charge on any atom is -0.342 e. The van der Waals surface area contributed by atoms with Gasteiger partial charge in [-0.05, 0) is 18.9 Å². The van der Waals surface area contributed by atoms with Gasteiger partial charge in [0.1, 0.15) is 0 Å². The van der Waals surface area contributed by atoms with Crippen molar-refractivity contribution in [1.29, 1.82) is 0 Å². The van der Waals surface area contributed by atoms with Crippen LogP contribution in [0.2, 0.25) is 0 Å². The first kappa shape index (κ1) is 24.3. The lowest BCUT2D eigenvalue weighted by Gasteiger charge is -2.21. The molecule has 2 heterocycles. The number of hydrogen-bond donors (Lipinski definition) is 2. The van der Waals surface area contributed by atoms with Gasteiger partial charge >= 0.3 is 0 Å². The molecule has 1 aromatic carbocycles. The topological polar surface area (TPSA) is 145 Å². The second-order valence-corrected chi connectivity index (χ2v) is 9.69. The summed E-state index contributed by atoms with van der Waals surface area (Å²) in [5.74, 6) is -0.0603. The molecular weight excluding hydrogens is 466 g/mol. The smallest absolute Gasteiger partial charge is 0.270 e. The Balaban J connectivity index is 1.68. The summed E-state index contributed by atoms with van der Waals surface area (Å²) in [5, 5.41) is 26.1. The van der Waals surface area contributed by atoms with Gasteiger partial charge < -0.3 is 15.2 Å². The van der Waals surface area contributed by atoms with Gasteiger partial charge in [-0.2, -0.15) is 0 Å². The number of amides is 2. The molecule has 0 saturated heterocycles. The zero-order chi connectivity index (χ0) is 24.1. The second kappa shape index (κ2) is 10.5. The van der Waals surface area contributed by atoms with Crippen LogP contribution in [0, 0.1) is 23.0 Å². The van der Waals surface area contributed by atoms with Crippen molar-refractivity contribution in [3.63, 3.8) is 0 Å². The molecule has 0 spiro atoms. The Morgan fingerprint density at radius 3 is 2.70 bits per heavy atom. The number of carbonyl (C=O) groups excluding carboxylic acids is 2. The zero-order valence-electron chi connectivity index (χ0n) is 18.4. The number of nitrogens with one attached hydrogen (secondary N) is 2. The Morgan fingerprint density at radius 2 is 2.06 bits per heavy atom. The number of nitro groups is 1. The van der Waals surface area contributed by atoms with Gasteiger partial charge in [0.25, 0.3) is 11.6 Å². The van der Waals surface area contributed by atoms with Gasteiger partial charge in [0, 0.05) is 35.8 Å². The molecule has 33 heavy (non-hydrogen) atoms. The third-order valence-electron chi connectivity index (χ3n) is 4.62. The highest BCUT2D eigenvalue weighted by atomic mass is 32.2. The monoisotopic (exact) mass is 489 g/mol. The lowest BCUT2D eigenvalue weighted by Crippen LogP contribution is -2.33. The van der Waals surface area contributed by atoms with E-state index in [1.807, 2.05) is 20.8 Å². The molecule has 174 valence electrons. The first-order chi connectivity index (χ1) is 15.7. The Bertz CT molecular complexity index is 1170. The number of thiazole rings is 1. The summed E-state index contributed by atoms with van der Waals surface area (Å²) in [6.07, 6.45) is 1.69. The van der Waals surface area contributed by atoms with Crippen molar-refractivity contribution in [1.82, 2.24) is 25.1 Å². The molecule has 0 radical (unpaired) electrons. The van der Waals surface area contributed by atoms with Crippen LogP contribution in [-0.2, 0) is 11.8 Å². The molecule has 3 rings (SSSR count). The van der Waals surface area contributed by atoms with Gasteiger partial charge in [0.15, 0.2) is 16.1 Å². The maximum atomic E-state index is 12.8. The third kappa shape index (κ3) is 6.14. The standard InChI is InChI=1S/C20H23N7O4S2/c1-11(2)16(23-18(29)13-6-5-7-14(8-13)27(30)31)17-24-25-20(26(17)4)32-10-15(28)22-19-21-9-12(3)33-19/h5-9,11,16H,10H2,1-4H3,(H,23,29)(H,21,22,28)/t16-/m0/s1. The van der Waals surface area contributed by atoms with Crippen LogP contribution >= 0.6 is 23.1 Å². The lowest BCUT2D eigenvalue weighted by atomic mass is 10.0. The van der Waals surface area contributed by atoms with Crippen molar-refractivity contribution in [3.05, 3.63) is 56.8 Å². The normalized spacial score (nSPS) is 11.9. The minimum absolute atomic E-state index is 0.0372. The van der Waals surface area contributed by atoms with E-state index < -0.39 is 16.9 Å². The van der Waals surface area contributed by atoms with Crippen LogP contribution in [0.1, 0.15) is 40.9 Å². The number of benzene rings is 1. The number of anilines is 1. The van der Waals surface area contributed by atoms with Gasteiger partial charge in [-0.1, -0.05) is 31.7 Å². The highest BCUT2D eigenvalue weighted by molar-refractivity contribution is 7.99. The molecule has 0 unspecified atom stereocenters. The molecular formula is C20H23N7O4S2. The average molecular weight is 490 g/mol. The van der Waals surface area contributed by atoms with E-state index in [4.69, 9.17) is 0 Å². The van der Waals surface area contributed by atoms with E-state index >= 15 is 0 Å². The summed E-state index contributed by atoms with van der Waals surface area (Å²) in [7, 11) is 1.76. The average Bonchev–Trinajstić information content (AvgIpc) is 3.35. The van der Waals surface area contributed by atoms with E-state index in [1.165, 1.54) is 47.4 Å². The summed E-state index contributed by atoms with van der Waals surface area (Å²) in [6, 6.07) is 5.05. The first-order valence-electron chi connectivity index (χ1n) is 9.95. The van der Waals surface area contributed by atoms with Crippen LogP contribution in [0.15, 0.2) is 35.6 Å². The molecule has 0 aliphatic carbocycles.